The molecular weight excluding hydrogens is 1670 g/mol. The van der Waals surface area contributed by atoms with E-state index in [9.17, 15) is 93.4 Å². The fourth-order valence-electron chi connectivity index (χ4n) is 12.8. The number of hydrogen-bond donors (Lipinski definition) is 5. The molecule has 0 spiro atoms. The SMILES string of the molecule is CC(C)c1cc(C(=O)c2c(Cl)cc(Cl)cc2Cl)cc(C(C)C)c1O.CC(C)c1cc(C(=O)c2c(F)ccc(F)c2F)cc(C(C)C)c1O.CC(C)c1cc(C(=O)c2cc(F)c(Cl)cc2Cl)cc(C(C)C)c1O.CC(C)c1cc(C(=O)c2cc(F)c(F)cc2F)cc(C(C)C)c1O.CC(C)c1cc(C(=O)c2ccc(F)c(F)c2F)cc(C(C)C)c1O. The summed E-state index contributed by atoms with van der Waals surface area (Å²) in [5.74, 6) is -15.6. The van der Waals surface area contributed by atoms with Gasteiger partial charge in [0.25, 0.3) is 0 Å². The van der Waals surface area contributed by atoms with Crippen LogP contribution in [0.15, 0.2) is 121 Å². The molecule has 0 radical (unpaired) electrons. The Labute approximate surface area is 718 Å². The van der Waals surface area contributed by atoms with E-state index in [1.807, 2.05) is 138 Å². The zero-order valence-corrected chi connectivity index (χ0v) is 73.5. The van der Waals surface area contributed by atoms with Gasteiger partial charge in [0.15, 0.2) is 69.6 Å². The predicted octanol–water partition coefficient (Wildman–Crippen LogP) is 29.0. The summed E-state index contributed by atoms with van der Waals surface area (Å²) in [7, 11) is 0. The molecule has 0 saturated heterocycles. The first kappa shape index (κ1) is 99.1. The summed E-state index contributed by atoms with van der Waals surface area (Å²) in [4.78, 5) is 63.5. The van der Waals surface area contributed by atoms with Gasteiger partial charge in [-0.1, -0.05) is 196 Å². The number of halogens is 15. The highest BCUT2D eigenvalue weighted by Crippen LogP contribution is 2.43. The summed E-state index contributed by atoms with van der Waals surface area (Å²) < 4.78 is 136. The Morgan fingerprint density at radius 1 is 0.225 bits per heavy atom. The van der Waals surface area contributed by atoms with E-state index >= 15 is 0 Å². The van der Waals surface area contributed by atoms with Crippen LogP contribution in [0.5, 0.6) is 28.7 Å². The molecule has 0 saturated carbocycles. The number of phenolic OH excluding ortho intramolecular Hbond substituents is 5. The van der Waals surface area contributed by atoms with Gasteiger partial charge in [0.1, 0.15) is 46.2 Å². The van der Waals surface area contributed by atoms with Crippen molar-refractivity contribution >= 4 is 86.9 Å². The van der Waals surface area contributed by atoms with Crippen LogP contribution in [0.1, 0.15) is 333 Å². The van der Waals surface area contributed by atoms with Crippen molar-refractivity contribution < 1.29 is 93.4 Å². The molecular formula is C95H95Cl5F10O10. The number of carbonyl (C=O) groups excluding carboxylic acids is 5. The fourth-order valence-corrected chi connectivity index (χ4v) is 14.3. The van der Waals surface area contributed by atoms with Crippen molar-refractivity contribution in [3.05, 3.63) is 316 Å². The maximum atomic E-state index is 13.9. The van der Waals surface area contributed by atoms with E-state index in [1.165, 1.54) is 54.6 Å². The van der Waals surface area contributed by atoms with Gasteiger partial charge < -0.3 is 25.5 Å². The van der Waals surface area contributed by atoms with Gasteiger partial charge in [-0.3, -0.25) is 24.0 Å². The normalized spacial score (nSPS) is 11.4. The Hall–Kier alpha value is -9.70. The molecule has 0 fully saturated rings. The van der Waals surface area contributed by atoms with Crippen LogP contribution in [0, 0.1) is 58.2 Å². The topological polar surface area (TPSA) is 186 Å². The zero-order valence-electron chi connectivity index (χ0n) is 69.8. The van der Waals surface area contributed by atoms with Crippen LogP contribution in [0.3, 0.4) is 0 Å². The molecule has 10 aromatic carbocycles. The number of hydrogen-bond acceptors (Lipinski definition) is 10. The molecule has 0 unspecified atom stereocenters. The van der Waals surface area contributed by atoms with Gasteiger partial charge >= 0.3 is 0 Å². The van der Waals surface area contributed by atoms with Crippen LogP contribution in [-0.4, -0.2) is 54.4 Å². The minimum Gasteiger partial charge on any atom is -0.507 e. The van der Waals surface area contributed by atoms with Gasteiger partial charge in [0.05, 0.1) is 42.3 Å². The first-order chi connectivity index (χ1) is 55.7. The number of carbonyl (C=O) groups is 5. The second kappa shape index (κ2) is 41.7. The minimum absolute atomic E-state index is 0.0172. The van der Waals surface area contributed by atoms with E-state index in [0.29, 0.717) is 78.9 Å². The number of phenols is 5. The predicted molar refractivity (Wildman–Crippen MR) is 455 cm³/mol. The largest absolute Gasteiger partial charge is 0.507 e. The molecule has 0 aliphatic heterocycles. The van der Waals surface area contributed by atoms with Gasteiger partial charge in [-0.05, 0) is 230 Å². The lowest BCUT2D eigenvalue weighted by Crippen LogP contribution is -2.11. The van der Waals surface area contributed by atoms with Crippen LogP contribution in [-0.2, 0) is 0 Å². The van der Waals surface area contributed by atoms with Crippen molar-refractivity contribution in [2.24, 2.45) is 0 Å². The second-order valence-corrected chi connectivity index (χ2v) is 34.0. The third kappa shape index (κ3) is 23.1. The Kier molecular flexibility index (Phi) is 34.5. The van der Waals surface area contributed by atoms with Crippen LogP contribution >= 0.6 is 58.0 Å². The second-order valence-electron chi connectivity index (χ2n) is 31.9. The van der Waals surface area contributed by atoms with Gasteiger partial charge in [0.2, 0.25) is 0 Å². The summed E-state index contributed by atoms with van der Waals surface area (Å²) in [6, 6.07) is 24.5. The molecule has 0 heterocycles. The van der Waals surface area contributed by atoms with Crippen LogP contribution in [0.25, 0.3) is 0 Å². The summed E-state index contributed by atoms with van der Waals surface area (Å²) in [5, 5.41) is 52.7. The fraction of sp³-hybridized carbons (Fsp3) is 0.316. The molecule has 5 N–H and O–H groups in total. The van der Waals surface area contributed by atoms with Crippen LogP contribution in [0.2, 0.25) is 25.1 Å². The average molecular weight is 1760 g/mol. The van der Waals surface area contributed by atoms with Crippen LogP contribution < -0.4 is 0 Å². The number of benzene rings is 10. The first-order valence-electron chi connectivity index (χ1n) is 38.5. The lowest BCUT2D eigenvalue weighted by Gasteiger charge is -2.17. The molecule has 640 valence electrons. The lowest BCUT2D eigenvalue weighted by atomic mass is 9.89. The average Bonchev–Trinajstić information content (AvgIpc) is 0.817. The smallest absolute Gasteiger partial charge is 0.199 e. The molecule has 10 nitrogen and oxygen atoms in total. The zero-order chi connectivity index (χ0) is 90.9. The highest BCUT2D eigenvalue weighted by Gasteiger charge is 2.30. The summed E-state index contributed by atoms with van der Waals surface area (Å²) in [5.41, 5.74) is 5.36. The van der Waals surface area contributed by atoms with E-state index in [2.05, 4.69) is 0 Å². The number of ketones is 5. The molecule has 0 aliphatic rings. The van der Waals surface area contributed by atoms with Gasteiger partial charge in [-0.15, -0.1) is 0 Å². The molecule has 0 amide bonds. The number of aromatic hydroxyl groups is 5. The minimum atomic E-state index is -1.67. The Balaban J connectivity index is 0.000000233. The van der Waals surface area contributed by atoms with Crippen molar-refractivity contribution in [3.8, 4) is 28.7 Å². The third-order valence-corrected chi connectivity index (χ3v) is 21.1. The number of rotatable bonds is 20. The standard InChI is InChI=1S/C19H19Cl3O2.C19H19Cl2FO2.3C19H19F3O2/c1-9(2)13-5-11(6-14(10(3)4)19(13)24)18(23)17-15(21)7-12(20)8-16(17)22;1-9(2)12-5-11(6-13(10(3)4)19(12)24)18(23)14-7-17(22)16(21)8-15(14)20;1-9(2)12-5-11(6-13(10(3)4)19(12)24)18(23)14-7-16(21)17(22)8-15(14)20;1-9(2)12-7-11(8-13(10(3)4)19(12)24)18(23)16-14(20)5-6-15(21)17(16)22;1-9(2)13-7-11(8-14(10(3)4)19(13)24)18(23)12-5-6-15(20)17(22)16(12)21/h5*5-10,24H,1-4H3. The monoisotopic (exact) mass is 1760 g/mol. The van der Waals surface area contributed by atoms with Crippen LogP contribution in [0.4, 0.5) is 43.9 Å². The van der Waals surface area contributed by atoms with E-state index in [1.54, 1.807) is 24.3 Å². The van der Waals surface area contributed by atoms with Crippen molar-refractivity contribution in [3.63, 3.8) is 0 Å². The first-order valence-corrected chi connectivity index (χ1v) is 40.4. The Morgan fingerprint density at radius 2 is 0.475 bits per heavy atom. The molecule has 25 heteroatoms. The highest BCUT2D eigenvalue weighted by molar-refractivity contribution is 6.43. The summed E-state index contributed by atoms with van der Waals surface area (Å²) in [6.07, 6.45) is 0. The molecule has 0 aromatic heterocycles. The van der Waals surface area contributed by atoms with E-state index in [4.69, 9.17) is 58.0 Å². The summed E-state index contributed by atoms with van der Waals surface area (Å²) in [6.45, 7) is 37.7. The van der Waals surface area contributed by atoms with Crippen molar-refractivity contribution in [2.75, 3.05) is 0 Å². The maximum absolute atomic E-state index is 13.9. The lowest BCUT2D eigenvalue weighted by molar-refractivity contribution is 0.102. The molecule has 0 atom stereocenters. The van der Waals surface area contributed by atoms with Gasteiger partial charge in [-0.25, -0.2) is 43.9 Å². The highest BCUT2D eigenvalue weighted by atomic mass is 35.5. The Bertz CT molecular complexity index is 5150. The maximum Gasteiger partial charge on any atom is 0.199 e. The van der Waals surface area contributed by atoms with Crippen molar-refractivity contribution in [1.29, 1.82) is 0 Å². The van der Waals surface area contributed by atoms with Gasteiger partial charge in [0, 0.05) is 44.5 Å². The van der Waals surface area contributed by atoms with Gasteiger partial charge in [-0.2, -0.15) is 0 Å². The third-order valence-electron chi connectivity index (χ3n) is 19.7. The van der Waals surface area contributed by atoms with E-state index in [0.717, 1.165) is 35.4 Å². The molecule has 0 bridgehead atoms. The Morgan fingerprint density at radius 3 is 0.792 bits per heavy atom. The molecule has 10 rings (SSSR count). The van der Waals surface area contributed by atoms with E-state index < -0.39 is 98.0 Å². The van der Waals surface area contributed by atoms with Crippen molar-refractivity contribution in [2.45, 2.75) is 198 Å². The van der Waals surface area contributed by atoms with Crippen molar-refractivity contribution in [1.82, 2.24) is 0 Å². The quantitative estimate of drug-likeness (QED) is 0.0213. The molecule has 10 aromatic rings. The van der Waals surface area contributed by atoms with E-state index in [-0.39, 0.29) is 142 Å². The summed E-state index contributed by atoms with van der Waals surface area (Å²) >= 11 is 30.0. The molecule has 0 aliphatic carbocycles. The molecule has 120 heavy (non-hydrogen) atoms.